The van der Waals surface area contributed by atoms with E-state index in [4.69, 9.17) is 0 Å². The second-order valence-electron chi connectivity index (χ2n) is 8.13. The maximum Gasteiger partial charge on any atom is 0.225 e. The third kappa shape index (κ3) is 3.94. The number of amides is 2. The van der Waals surface area contributed by atoms with Gasteiger partial charge in [-0.25, -0.2) is 0 Å². The molecule has 0 spiro atoms. The summed E-state index contributed by atoms with van der Waals surface area (Å²) in [6.45, 7) is 3.05. The maximum atomic E-state index is 12.4. The first-order chi connectivity index (χ1) is 12.7. The van der Waals surface area contributed by atoms with E-state index < -0.39 is 0 Å². The van der Waals surface area contributed by atoms with E-state index >= 15 is 0 Å². The lowest BCUT2D eigenvalue weighted by atomic mass is 9.83. The van der Waals surface area contributed by atoms with Crippen LogP contribution in [0.15, 0.2) is 12.3 Å². The lowest BCUT2D eigenvalue weighted by Gasteiger charge is -2.36. The van der Waals surface area contributed by atoms with Crippen LogP contribution >= 0.6 is 0 Å². The van der Waals surface area contributed by atoms with Gasteiger partial charge >= 0.3 is 0 Å². The molecule has 6 heteroatoms. The van der Waals surface area contributed by atoms with E-state index in [9.17, 15) is 9.59 Å². The van der Waals surface area contributed by atoms with Crippen molar-refractivity contribution in [2.45, 2.75) is 63.8 Å². The van der Waals surface area contributed by atoms with Crippen LogP contribution in [-0.4, -0.2) is 46.1 Å². The van der Waals surface area contributed by atoms with Crippen molar-refractivity contribution in [3.8, 4) is 0 Å². The summed E-state index contributed by atoms with van der Waals surface area (Å²) in [5, 5.41) is 7.49. The van der Waals surface area contributed by atoms with Gasteiger partial charge in [0.05, 0.1) is 0 Å². The van der Waals surface area contributed by atoms with Crippen molar-refractivity contribution < 1.29 is 9.59 Å². The Morgan fingerprint density at radius 2 is 1.85 bits per heavy atom. The molecule has 1 aromatic heterocycles. The molecule has 0 atom stereocenters. The van der Waals surface area contributed by atoms with Gasteiger partial charge in [0.15, 0.2) is 0 Å². The van der Waals surface area contributed by atoms with Crippen LogP contribution in [0.5, 0.6) is 0 Å². The summed E-state index contributed by atoms with van der Waals surface area (Å²) < 4.78 is 2.09. The molecule has 0 bridgehead atoms. The Kier molecular flexibility index (Phi) is 5.27. The first-order valence-electron chi connectivity index (χ1n) is 10.3. The Labute approximate surface area is 155 Å². The minimum Gasteiger partial charge on any atom is -0.356 e. The molecule has 2 aliphatic carbocycles. The molecule has 6 nitrogen and oxygen atoms in total. The predicted molar refractivity (Wildman–Crippen MR) is 98.5 cm³/mol. The molecule has 0 radical (unpaired) electrons. The SMILES string of the molecule is O=C(NCCCn1nccc1C1CC1)C1CCN(C(=O)C2CCC2)CC1. The summed E-state index contributed by atoms with van der Waals surface area (Å²) in [6, 6.07) is 2.12. The first-order valence-corrected chi connectivity index (χ1v) is 10.3. The van der Waals surface area contributed by atoms with Crippen LogP contribution in [0.3, 0.4) is 0 Å². The molecule has 0 unspecified atom stereocenters. The van der Waals surface area contributed by atoms with E-state index in [2.05, 4.69) is 21.2 Å². The predicted octanol–water partition coefficient (Wildman–Crippen LogP) is 2.31. The van der Waals surface area contributed by atoms with Crippen molar-refractivity contribution in [1.82, 2.24) is 20.0 Å². The van der Waals surface area contributed by atoms with Gasteiger partial charge in [0, 0.05) is 55.8 Å². The number of hydrogen-bond donors (Lipinski definition) is 1. The van der Waals surface area contributed by atoms with Crippen molar-refractivity contribution in [3.63, 3.8) is 0 Å². The summed E-state index contributed by atoms with van der Waals surface area (Å²) in [4.78, 5) is 26.6. The van der Waals surface area contributed by atoms with Gasteiger partial charge in [0.1, 0.15) is 0 Å². The van der Waals surface area contributed by atoms with Crippen LogP contribution in [-0.2, 0) is 16.1 Å². The first kappa shape index (κ1) is 17.6. The molecule has 3 aliphatic rings. The molecule has 26 heavy (non-hydrogen) atoms. The Morgan fingerprint density at radius 3 is 2.50 bits per heavy atom. The number of likely N-dealkylation sites (tertiary alicyclic amines) is 1. The van der Waals surface area contributed by atoms with Gasteiger partial charge in [-0.2, -0.15) is 5.10 Å². The van der Waals surface area contributed by atoms with Crippen molar-refractivity contribution in [3.05, 3.63) is 18.0 Å². The number of rotatable bonds is 7. The highest BCUT2D eigenvalue weighted by Crippen LogP contribution is 2.39. The quantitative estimate of drug-likeness (QED) is 0.761. The summed E-state index contributed by atoms with van der Waals surface area (Å²) in [5.74, 6) is 1.51. The monoisotopic (exact) mass is 358 g/mol. The van der Waals surface area contributed by atoms with Gasteiger partial charge in [0.25, 0.3) is 0 Å². The number of hydrogen-bond acceptors (Lipinski definition) is 3. The zero-order valence-electron chi connectivity index (χ0n) is 15.5. The summed E-state index contributed by atoms with van der Waals surface area (Å²) in [6.07, 6.45) is 10.3. The second kappa shape index (κ2) is 7.80. The van der Waals surface area contributed by atoms with Crippen LogP contribution < -0.4 is 5.32 Å². The number of aryl methyl sites for hydroxylation is 1. The minimum atomic E-state index is 0.0622. The molecule has 1 N–H and O–H groups in total. The summed E-state index contributed by atoms with van der Waals surface area (Å²) in [5.41, 5.74) is 1.35. The average Bonchev–Trinajstić information content (AvgIpc) is 3.35. The number of carbonyl (C=O) groups is 2. The van der Waals surface area contributed by atoms with Crippen LogP contribution in [0.1, 0.15) is 63.0 Å². The molecule has 2 heterocycles. The number of nitrogens with one attached hydrogen (secondary N) is 1. The molecular weight excluding hydrogens is 328 g/mol. The van der Waals surface area contributed by atoms with Gasteiger partial charge in [-0.15, -0.1) is 0 Å². The third-order valence-corrected chi connectivity index (χ3v) is 6.22. The Morgan fingerprint density at radius 1 is 1.08 bits per heavy atom. The van der Waals surface area contributed by atoms with Gasteiger partial charge in [-0.05, 0) is 51.0 Å². The van der Waals surface area contributed by atoms with Crippen LogP contribution in [0.2, 0.25) is 0 Å². The molecule has 1 aliphatic heterocycles. The molecule has 0 aromatic carbocycles. The molecule has 2 saturated carbocycles. The maximum absolute atomic E-state index is 12.4. The van der Waals surface area contributed by atoms with Gasteiger partial charge in [0.2, 0.25) is 11.8 Å². The lowest BCUT2D eigenvalue weighted by Crippen LogP contribution is -2.46. The number of piperidine rings is 1. The highest BCUT2D eigenvalue weighted by Gasteiger charge is 2.33. The second-order valence-corrected chi connectivity index (χ2v) is 8.13. The van der Waals surface area contributed by atoms with Crippen molar-refractivity contribution >= 4 is 11.8 Å². The van der Waals surface area contributed by atoms with Crippen LogP contribution in [0.4, 0.5) is 0 Å². The number of aromatic nitrogens is 2. The van der Waals surface area contributed by atoms with E-state index in [1.165, 1.54) is 25.0 Å². The lowest BCUT2D eigenvalue weighted by molar-refractivity contribution is -0.141. The Bertz CT molecular complexity index is 640. The topological polar surface area (TPSA) is 67.2 Å². The Hall–Kier alpha value is -1.85. The summed E-state index contributed by atoms with van der Waals surface area (Å²) >= 11 is 0. The van der Waals surface area contributed by atoms with Gasteiger partial charge < -0.3 is 10.2 Å². The van der Waals surface area contributed by atoms with Crippen molar-refractivity contribution in [2.75, 3.05) is 19.6 Å². The fraction of sp³-hybridized carbons (Fsp3) is 0.750. The smallest absolute Gasteiger partial charge is 0.225 e. The largest absolute Gasteiger partial charge is 0.356 e. The zero-order chi connectivity index (χ0) is 17.9. The van der Waals surface area contributed by atoms with Crippen LogP contribution in [0, 0.1) is 11.8 Å². The van der Waals surface area contributed by atoms with Crippen molar-refractivity contribution in [2.24, 2.45) is 11.8 Å². The number of nitrogens with zero attached hydrogens (tertiary/aromatic N) is 3. The standard InChI is InChI=1S/C20H30N4O2/c25-19(16-8-13-23(14-9-16)20(26)17-3-1-4-17)21-10-2-12-24-18(7-11-22-24)15-5-6-15/h7,11,15-17H,1-6,8-10,12-14H2,(H,21,25). The van der Waals surface area contributed by atoms with E-state index in [-0.39, 0.29) is 17.7 Å². The number of carbonyl (C=O) groups excluding carboxylic acids is 2. The summed E-state index contributed by atoms with van der Waals surface area (Å²) in [7, 11) is 0. The minimum absolute atomic E-state index is 0.0622. The Balaban J connectivity index is 1.14. The third-order valence-electron chi connectivity index (χ3n) is 6.22. The molecular formula is C20H30N4O2. The van der Waals surface area contributed by atoms with Crippen LogP contribution in [0.25, 0.3) is 0 Å². The molecule has 4 rings (SSSR count). The molecule has 142 valence electrons. The van der Waals surface area contributed by atoms with E-state index in [1.54, 1.807) is 0 Å². The van der Waals surface area contributed by atoms with E-state index in [1.807, 2.05) is 11.1 Å². The van der Waals surface area contributed by atoms with Gasteiger partial charge in [-0.3, -0.25) is 14.3 Å². The molecule has 1 saturated heterocycles. The van der Waals surface area contributed by atoms with Crippen molar-refractivity contribution in [1.29, 1.82) is 0 Å². The highest BCUT2D eigenvalue weighted by atomic mass is 16.2. The van der Waals surface area contributed by atoms with Gasteiger partial charge in [-0.1, -0.05) is 6.42 Å². The molecule has 3 fully saturated rings. The highest BCUT2D eigenvalue weighted by molar-refractivity contribution is 5.81. The van der Waals surface area contributed by atoms with E-state index in [0.717, 1.165) is 51.7 Å². The average molecular weight is 358 g/mol. The molecule has 1 aromatic rings. The van der Waals surface area contributed by atoms with E-state index in [0.29, 0.717) is 18.4 Å². The normalized spacial score (nSPS) is 21.5. The zero-order valence-corrected chi connectivity index (χ0v) is 15.5. The fourth-order valence-electron chi connectivity index (χ4n) is 4.12. The fourth-order valence-corrected chi connectivity index (χ4v) is 4.12. The molecule has 2 amide bonds.